The Morgan fingerprint density at radius 1 is 1.44 bits per heavy atom. The van der Waals surface area contributed by atoms with Crippen LogP contribution >= 0.6 is 0 Å². The Morgan fingerprint density at radius 2 is 2.16 bits per heavy atom. The number of nitrogens with one attached hydrogen (secondary N) is 1. The number of rotatable bonds is 7. The smallest absolute Gasteiger partial charge is 0.317 e. The topological polar surface area (TPSA) is 65.0 Å². The number of carbonyl (C=O) groups is 1. The van der Waals surface area contributed by atoms with Crippen molar-refractivity contribution in [2.75, 3.05) is 44.7 Å². The summed E-state index contributed by atoms with van der Waals surface area (Å²) in [6, 6.07) is 7.92. The van der Waals surface area contributed by atoms with Crippen LogP contribution in [0.2, 0.25) is 0 Å². The van der Waals surface area contributed by atoms with Crippen LogP contribution in [0.4, 0.5) is 10.5 Å². The van der Waals surface area contributed by atoms with Crippen LogP contribution in [0.3, 0.4) is 0 Å². The largest absolute Gasteiger partial charge is 0.495 e. The molecule has 1 saturated heterocycles. The van der Waals surface area contributed by atoms with Gasteiger partial charge in [0.05, 0.1) is 24.9 Å². The lowest BCUT2D eigenvalue weighted by molar-refractivity contribution is 0.0479. The fraction of sp³-hybridized carbons (Fsp3) is 0.632. The third-order valence-electron chi connectivity index (χ3n) is 4.50. The van der Waals surface area contributed by atoms with Gasteiger partial charge in [-0.2, -0.15) is 0 Å². The molecule has 0 aromatic heterocycles. The number of carbonyl (C=O) groups excluding carboxylic acids is 1. The van der Waals surface area contributed by atoms with Crippen LogP contribution in [0.25, 0.3) is 0 Å². The molecule has 1 unspecified atom stereocenters. The normalized spacial score (nSPS) is 17.5. The van der Waals surface area contributed by atoms with Crippen LogP contribution in [-0.4, -0.2) is 61.5 Å². The van der Waals surface area contributed by atoms with Crippen LogP contribution in [0.15, 0.2) is 24.3 Å². The number of para-hydroxylation sites is 2. The van der Waals surface area contributed by atoms with Gasteiger partial charge in [-0.25, -0.2) is 4.79 Å². The van der Waals surface area contributed by atoms with Gasteiger partial charge in [0.2, 0.25) is 0 Å². The number of hydrogen-bond acceptors (Lipinski definition) is 4. The van der Waals surface area contributed by atoms with Crippen molar-refractivity contribution in [3.8, 4) is 5.75 Å². The zero-order chi connectivity index (χ0) is 18.4. The molecule has 2 amide bonds. The summed E-state index contributed by atoms with van der Waals surface area (Å²) in [7, 11) is 1.69. The SMILES string of the molecule is CCN(CC(C)(C)O)C(=O)NCC1CCN(c2ccccc2OC)C1. The number of ether oxygens (including phenoxy) is 1. The second kappa shape index (κ2) is 8.43. The molecular weight excluding hydrogens is 318 g/mol. The first-order valence-electron chi connectivity index (χ1n) is 8.97. The predicted octanol–water partition coefficient (Wildman–Crippen LogP) is 2.32. The van der Waals surface area contributed by atoms with E-state index in [1.165, 1.54) is 0 Å². The van der Waals surface area contributed by atoms with Crippen molar-refractivity contribution in [3.63, 3.8) is 0 Å². The van der Waals surface area contributed by atoms with Crippen LogP contribution in [-0.2, 0) is 0 Å². The van der Waals surface area contributed by atoms with Crippen molar-refractivity contribution >= 4 is 11.7 Å². The van der Waals surface area contributed by atoms with Crippen LogP contribution < -0.4 is 15.0 Å². The summed E-state index contributed by atoms with van der Waals surface area (Å²) in [6.45, 7) is 8.76. The summed E-state index contributed by atoms with van der Waals surface area (Å²) in [5.41, 5.74) is 0.220. The average molecular weight is 349 g/mol. The first-order chi connectivity index (χ1) is 11.8. The molecule has 0 saturated carbocycles. The molecule has 0 bridgehead atoms. The van der Waals surface area contributed by atoms with E-state index in [4.69, 9.17) is 4.74 Å². The van der Waals surface area contributed by atoms with Gasteiger partial charge in [0.1, 0.15) is 5.75 Å². The average Bonchev–Trinajstić information content (AvgIpc) is 3.05. The van der Waals surface area contributed by atoms with Gasteiger partial charge in [-0.05, 0) is 45.2 Å². The second-order valence-corrected chi connectivity index (χ2v) is 7.29. The van der Waals surface area contributed by atoms with Gasteiger partial charge in [-0.3, -0.25) is 0 Å². The van der Waals surface area contributed by atoms with Crippen molar-refractivity contribution in [2.24, 2.45) is 5.92 Å². The highest BCUT2D eigenvalue weighted by molar-refractivity contribution is 5.74. The fourth-order valence-electron chi connectivity index (χ4n) is 3.25. The summed E-state index contributed by atoms with van der Waals surface area (Å²) in [5, 5.41) is 12.9. The van der Waals surface area contributed by atoms with E-state index in [9.17, 15) is 9.90 Å². The highest BCUT2D eigenvalue weighted by Gasteiger charge is 2.26. The highest BCUT2D eigenvalue weighted by atomic mass is 16.5. The van der Waals surface area contributed by atoms with Crippen molar-refractivity contribution in [3.05, 3.63) is 24.3 Å². The summed E-state index contributed by atoms with van der Waals surface area (Å²) < 4.78 is 5.44. The molecule has 1 heterocycles. The minimum Gasteiger partial charge on any atom is -0.495 e. The van der Waals surface area contributed by atoms with Gasteiger partial charge in [-0.1, -0.05) is 12.1 Å². The Hall–Kier alpha value is -1.95. The predicted molar refractivity (Wildman–Crippen MR) is 100 cm³/mol. The van der Waals surface area contributed by atoms with Gasteiger partial charge in [-0.15, -0.1) is 0 Å². The first kappa shape index (κ1) is 19.4. The monoisotopic (exact) mass is 349 g/mol. The molecule has 140 valence electrons. The quantitative estimate of drug-likeness (QED) is 0.793. The van der Waals surface area contributed by atoms with Gasteiger partial charge in [0.25, 0.3) is 0 Å². The molecule has 1 aliphatic rings. The molecule has 1 atom stereocenters. The molecule has 0 spiro atoms. The maximum atomic E-state index is 12.3. The summed E-state index contributed by atoms with van der Waals surface area (Å²) in [5.74, 6) is 1.30. The van der Waals surface area contributed by atoms with Crippen LogP contribution in [0.1, 0.15) is 27.2 Å². The number of nitrogens with zero attached hydrogens (tertiary/aromatic N) is 2. The molecule has 6 heteroatoms. The van der Waals surface area contributed by atoms with Crippen molar-refractivity contribution in [2.45, 2.75) is 32.8 Å². The Bertz CT molecular complexity index is 571. The molecule has 6 nitrogen and oxygen atoms in total. The minimum absolute atomic E-state index is 0.111. The van der Waals surface area contributed by atoms with Gasteiger partial charge < -0.3 is 25.0 Å². The molecular formula is C19H31N3O3. The minimum atomic E-state index is -0.888. The Labute approximate surface area is 150 Å². The van der Waals surface area contributed by atoms with E-state index < -0.39 is 5.60 Å². The maximum absolute atomic E-state index is 12.3. The fourth-order valence-corrected chi connectivity index (χ4v) is 3.25. The van der Waals surface area contributed by atoms with Crippen molar-refractivity contribution < 1.29 is 14.6 Å². The van der Waals surface area contributed by atoms with Crippen molar-refractivity contribution in [1.82, 2.24) is 10.2 Å². The number of methoxy groups -OCH3 is 1. The van der Waals surface area contributed by atoms with E-state index in [2.05, 4.69) is 16.3 Å². The van der Waals surface area contributed by atoms with Crippen molar-refractivity contribution in [1.29, 1.82) is 0 Å². The van der Waals surface area contributed by atoms with Gasteiger partial charge >= 0.3 is 6.03 Å². The first-order valence-corrected chi connectivity index (χ1v) is 8.97. The van der Waals surface area contributed by atoms with Crippen LogP contribution in [0.5, 0.6) is 5.75 Å². The Morgan fingerprint density at radius 3 is 2.80 bits per heavy atom. The third-order valence-corrected chi connectivity index (χ3v) is 4.50. The molecule has 25 heavy (non-hydrogen) atoms. The lowest BCUT2D eigenvalue weighted by atomic mass is 10.1. The summed E-state index contributed by atoms with van der Waals surface area (Å²) in [6.07, 6.45) is 1.04. The number of hydrogen-bond donors (Lipinski definition) is 2. The summed E-state index contributed by atoms with van der Waals surface area (Å²) >= 11 is 0. The lowest BCUT2D eigenvalue weighted by Crippen LogP contribution is -2.47. The molecule has 0 aliphatic carbocycles. The number of amides is 2. The Balaban J connectivity index is 1.86. The molecule has 0 radical (unpaired) electrons. The second-order valence-electron chi connectivity index (χ2n) is 7.29. The number of benzene rings is 1. The standard InChI is InChI=1S/C19H31N3O3/c1-5-21(14-19(2,3)24)18(23)20-12-15-10-11-22(13-15)16-8-6-7-9-17(16)25-4/h6-9,15,24H,5,10-14H2,1-4H3,(H,20,23). The van der Waals surface area contributed by atoms with E-state index in [1.54, 1.807) is 25.9 Å². The zero-order valence-corrected chi connectivity index (χ0v) is 15.8. The molecule has 2 rings (SSSR count). The zero-order valence-electron chi connectivity index (χ0n) is 15.8. The van der Waals surface area contributed by atoms with Gasteiger partial charge in [0, 0.05) is 26.2 Å². The van der Waals surface area contributed by atoms with E-state index in [-0.39, 0.29) is 6.03 Å². The van der Waals surface area contributed by atoms with E-state index in [0.717, 1.165) is 30.9 Å². The van der Waals surface area contributed by atoms with E-state index in [0.29, 0.717) is 25.6 Å². The molecule has 1 fully saturated rings. The van der Waals surface area contributed by atoms with Gasteiger partial charge in [0.15, 0.2) is 0 Å². The number of urea groups is 1. The lowest BCUT2D eigenvalue weighted by Gasteiger charge is -2.28. The number of aliphatic hydroxyl groups is 1. The summed E-state index contributed by atoms with van der Waals surface area (Å²) in [4.78, 5) is 16.3. The molecule has 2 N–H and O–H groups in total. The van der Waals surface area contributed by atoms with Crippen LogP contribution in [0, 0.1) is 5.92 Å². The number of anilines is 1. The maximum Gasteiger partial charge on any atom is 0.317 e. The van der Waals surface area contributed by atoms with E-state index >= 15 is 0 Å². The molecule has 1 aliphatic heterocycles. The molecule has 1 aromatic rings. The third kappa shape index (κ3) is 5.53. The highest BCUT2D eigenvalue weighted by Crippen LogP contribution is 2.31. The number of likely N-dealkylation sites (N-methyl/N-ethyl adjacent to an activating group) is 1. The Kier molecular flexibility index (Phi) is 6.53. The molecule has 1 aromatic carbocycles. The van der Waals surface area contributed by atoms with E-state index in [1.807, 2.05) is 25.1 Å².